The zero-order valence-corrected chi connectivity index (χ0v) is 12.4. The van der Waals surface area contributed by atoms with Crippen LogP contribution in [0.4, 0.5) is 0 Å². The monoisotopic (exact) mass is 340 g/mol. The predicted molar refractivity (Wildman–Crippen MR) is 72.6 cm³/mol. The molecule has 0 spiro atoms. The molecule has 0 amide bonds. The summed E-state index contributed by atoms with van der Waals surface area (Å²) in [4.78, 5) is 0.0678. The van der Waals surface area contributed by atoms with E-state index in [1.165, 1.54) is 12.1 Å². The van der Waals surface area contributed by atoms with Gasteiger partial charge in [-0.25, -0.2) is 13.1 Å². The summed E-state index contributed by atoms with van der Waals surface area (Å²) in [6.45, 7) is 2.11. The first-order valence-electron chi connectivity index (χ1n) is 5.03. The standard InChI is InChI=1S/C10H14BrClN2O2S/c1-7(13)4-5-14-17(15,16)10-6-8(11)2-3-9(10)12/h2-3,6-7,14H,4-5,13H2,1H3/t7-/m1/s1. The van der Waals surface area contributed by atoms with E-state index >= 15 is 0 Å². The number of nitrogens with two attached hydrogens (primary N) is 1. The summed E-state index contributed by atoms with van der Waals surface area (Å²) in [7, 11) is -3.58. The van der Waals surface area contributed by atoms with Crippen LogP contribution < -0.4 is 10.5 Å². The van der Waals surface area contributed by atoms with E-state index in [2.05, 4.69) is 20.7 Å². The Labute approximate surface area is 115 Å². The largest absolute Gasteiger partial charge is 0.328 e. The van der Waals surface area contributed by atoms with Gasteiger partial charge in [-0.3, -0.25) is 0 Å². The van der Waals surface area contributed by atoms with Gasteiger partial charge in [0.2, 0.25) is 10.0 Å². The van der Waals surface area contributed by atoms with Crippen LogP contribution in [-0.2, 0) is 10.0 Å². The van der Waals surface area contributed by atoms with E-state index in [9.17, 15) is 8.42 Å². The Morgan fingerprint density at radius 3 is 2.76 bits per heavy atom. The predicted octanol–water partition coefficient (Wildman–Crippen LogP) is 2.12. The molecule has 7 heteroatoms. The van der Waals surface area contributed by atoms with Crippen molar-refractivity contribution in [3.8, 4) is 0 Å². The SMILES string of the molecule is C[C@@H](N)CCNS(=O)(=O)c1cc(Br)ccc1Cl. The van der Waals surface area contributed by atoms with Gasteiger partial charge in [-0.15, -0.1) is 0 Å². The molecule has 0 saturated heterocycles. The van der Waals surface area contributed by atoms with Gasteiger partial charge in [-0.05, 0) is 31.5 Å². The summed E-state index contributed by atoms with van der Waals surface area (Å²) in [5, 5.41) is 0.196. The molecule has 1 aromatic carbocycles. The highest BCUT2D eigenvalue weighted by Crippen LogP contribution is 2.24. The molecule has 0 fully saturated rings. The van der Waals surface area contributed by atoms with Gasteiger partial charge in [-0.1, -0.05) is 27.5 Å². The maximum Gasteiger partial charge on any atom is 0.242 e. The summed E-state index contributed by atoms with van der Waals surface area (Å²) >= 11 is 9.07. The number of hydrogen-bond donors (Lipinski definition) is 2. The topological polar surface area (TPSA) is 72.2 Å². The van der Waals surface area contributed by atoms with Crippen LogP contribution in [0.2, 0.25) is 5.02 Å². The van der Waals surface area contributed by atoms with Gasteiger partial charge in [0.1, 0.15) is 4.90 Å². The van der Waals surface area contributed by atoms with Gasteiger partial charge in [0.15, 0.2) is 0 Å². The zero-order valence-electron chi connectivity index (χ0n) is 9.28. The average Bonchev–Trinajstić information content (AvgIpc) is 2.20. The van der Waals surface area contributed by atoms with Crippen molar-refractivity contribution in [2.45, 2.75) is 24.3 Å². The minimum absolute atomic E-state index is 0.0457. The first-order chi connectivity index (χ1) is 7.83. The van der Waals surface area contributed by atoms with Gasteiger partial charge >= 0.3 is 0 Å². The van der Waals surface area contributed by atoms with Crippen molar-refractivity contribution in [3.05, 3.63) is 27.7 Å². The number of hydrogen-bond acceptors (Lipinski definition) is 3. The Balaban J connectivity index is 2.86. The Morgan fingerprint density at radius 1 is 1.53 bits per heavy atom. The highest BCUT2D eigenvalue weighted by molar-refractivity contribution is 9.10. The third kappa shape index (κ3) is 4.56. The molecule has 3 N–H and O–H groups in total. The number of sulfonamides is 1. The van der Waals surface area contributed by atoms with Crippen molar-refractivity contribution in [1.29, 1.82) is 0 Å². The number of benzene rings is 1. The van der Waals surface area contributed by atoms with Gasteiger partial charge in [0.05, 0.1) is 5.02 Å². The minimum atomic E-state index is -3.58. The molecular formula is C10H14BrClN2O2S. The van der Waals surface area contributed by atoms with Crippen LogP contribution in [0.3, 0.4) is 0 Å². The Hall–Kier alpha value is -0.140. The second kappa shape index (κ2) is 6.15. The molecule has 4 nitrogen and oxygen atoms in total. The average molecular weight is 342 g/mol. The molecule has 0 unspecified atom stereocenters. The second-order valence-electron chi connectivity index (χ2n) is 3.74. The molecule has 0 aliphatic carbocycles. The third-order valence-corrected chi connectivity index (χ3v) is 4.51. The molecule has 0 aliphatic rings. The van der Waals surface area contributed by atoms with Crippen molar-refractivity contribution < 1.29 is 8.42 Å². The Morgan fingerprint density at radius 2 is 2.18 bits per heavy atom. The molecule has 1 rings (SSSR count). The van der Waals surface area contributed by atoms with E-state index in [1.54, 1.807) is 6.07 Å². The molecule has 0 radical (unpaired) electrons. The normalized spacial score (nSPS) is 13.6. The van der Waals surface area contributed by atoms with E-state index in [4.69, 9.17) is 17.3 Å². The lowest BCUT2D eigenvalue weighted by molar-refractivity contribution is 0.572. The van der Waals surface area contributed by atoms with Crippen LogP contribution >= 0.6 is 27.5 Å². The van der Waals surface area contributed by atoms with E-state index in [-0.39, 0.29) is 16.0 Å². The molecule has 17 heavy (non-hydrogen) atoms. The maximum absolute atomic E-state index is 11.9. The first kappa shape index (κ1) is 14.9. The van der Waals surface area contributed by atoms with Gasteiger partial charge < -0.3 is 5.73 Å². The maximum atomic E-state index is 11.9. The summed E-state index contributed by atoms with van der Waals surface area (Å²) < 4.78 is 27.0. The molecule has 96 valence electrons. The van der Waals surface area contributed by atoms with E-state index < -0.39 is 10.0 Å². The van der Waals surface area contributed by atoms with Crippen molar-refractivity contribution in [2.75, 3.05) is 6.54 Å². The van der Waals surface area contributed by atoms with Crippen LogP contribution in [0.25, 0.3) is 0 Å². The van der Waals surface area contributed by atoms with Crippen molar-refractivity contribution in [3.63, 3.8) is 0 Å². The lowest BCUT2D eigenvalue weighted by Crippen LogP contribution is -2.29. The molecule has 0 aliphatic heterocycles. The third-order valence-electron chi connectivity index (χ3n) is 2.07. The minimum Gasteiger partial charge on any atom is -0.328 e. The highest BCUT2D eigenvalue weighted by Gasteiger charge is 2.17. The molecule has 0 aromatic heterocycles. The van der Waals surface area contributed by atoms with Crippen LogP contribution in [0.5, 0.6) is 0 Å². The number of halogens is 2. The fourth-order valence-corrected chi connectivity index (χ4v) is 3.27. The molecular weight excluding hydrogens is 328 g/mol. The zero-order chi connectivity index (χ0) is 13.1. The lowest BCUT2D eigenvalue weighted by Gasteiger charge is -2.09. The van der Waals surface area contributed by atoms with Crippen LogP contribution in [-0.4, -0.2) is 21.0 Å². The van der Waals surface area contributed by atoms with Crippen LogP contribution in [0.1, 0.15) is 13.3 Å². The molecule has 0 bridgehead atoms. The fourth-order valence-electron chi connectivity index (χ4n) is 1.18. The van der Waals surface area contributed by atoms with Gasteiger partial charge in [0.25, 0.3) is 0 Å². The fraction of sp³-hybridized carbons (Fsp3) is 0.400. The van der Waals surface area contributed by atoms with E-state index in [0.717, 1.165) is 0 Å². The number of nitrogens with one attached hydrogen (secondary N) is 1. The first-order valence-corrected chi connectivity index (χ1v) is 7.68. The van der Waals surface area contributed by atoms with Gasteiger partial charge in [0, 0.05) is 17.1 Å². The van der Waals surface area contributed by atoms with Crippen molar-refractivity contribution in [1.82, 2.24) is 4.72 Å². The summed E-state index contributed by atoms with van der Waals surface area (Å²) in [5.41, 5.74) is 5.55. The Kier molecular flexibility index (Phi) is 5.40. The quantitative estimate of drug-likeness (QED) is 0.861. The Bertz CT molecular complexity index is 491. The van der Waals surface area contributed by atoms with E-state index in [1.807, 2.05) is 6.92 Å². The summed E-state index contributed by atoms with van der Waals surface area (Å²) in [6.07, 6.45) is 0.574. The molecule has 1 aromatic rings. The smallest absolute Gasteiger partial charge is 0.242 e. The molecule has 1 atom stereocenters. The number of rotatable bonds is 5. The molecule has 0 saturated carbocycles. The summed E-state index contributed by atoms with van der Waals surface area (Å²) in [5.74, 6) is 0. The van der Waals surface area contributed by atoms with Crippen molar-refractivity contribution >= 4 is 37.6 Å². The van der Waals surface area contributed by atoms with Crippen LogP contribution in [0.15, 0.2) is 27.6 Å². The molecule has 0 heterocycles. The van der Waals surface area contributed by atoms with Crippen molar-refractivity contribution in [2.24, 2.45) is 5.73 Å². The summed E-state index contributed by atoms with van der Waals surface area (Å²) in [6, 6.07) is 4.64. The second-order valence-corrected chi connectivity index (χ2v) is 6.80. The van der Waals surface area contributed by atoms with Gasteiger partial charge in [-0.2, -0.15) is 0 Å². The van der Waals surface area contributed by atoms with Crippen LogP contribution in [0, 0.1) is 0 Å². The highest BCUT2D eigenvalue weighted by atomic mass is 79.9. The lowest BCUT2D eigenvalue weighted by atomic mass is 10.3. The van der Waals surface area contributed by atoms with E-state index in [0.29, 0.717) is 17.4 Å².